The smallest absolute Gasteiger partial charge is 0.163 e. The van der Waals surface area contributed by atoms with Gasteiger partial charge >= 0.3 is 0 Å². The van der Waals surface area contributed by atoms with Gasteiger partial charge in [0.25, 0.3) is 0 Å². The molecule has 2 atom stereocenters. The van der Waals surface area contributed by atoms with Gasteiger partial charge in [-0.05, 0) is 29.3 Å². The van der Waals surface area contributed by atoms with Crippen LogP contribution >= 0.6 is 0 Å². The van der Waals surface area contributed by atoms with E-state index in [1.54, 1.807) is 36.4 Å². The summed E-state index contributed by atoms with van der Waals surface area (Å²) in [5.74, 6) is 0. The average Bonchev–Trinajstić information content (AvgIpc) is 2.22. The van der Waals surface area contributed by atoms with Crippen molar-refractivity contribution in [1.29, 1.82) is 0 Å². The molecule has 4 heteroatoms. The van der Waals surface area contributed by atoms with Crippen molar-refractivity contribution in [2.75, 3.05) is 5.73 Å². The van der Waals surface area contributed by atoms with Crippen LogP contribution in [0, 0.1) is 0 Å². The second-order valence-electron chi connectivity index (χ2n) is 3.90. The van der Waals surface area contributed by atoms with Crippen molar-refractivity contribution in [1.82, 2.24) is 0 Å². The number of nitrogens with two attached hydrogens (primary N) is 2. The van der Waals surface area contributed by atoms with Crippen LogP contribution in [0.5, 0.6) is 0 Å². The van der Waals surface area contributed by atoms with E-state index in [0.717, 1.165) is 5.56 Å². The fourth-order valence-electron chi connectivity index (χ4n) is 1.71. The minimum absolute atomic E-state index is 0.555. The molecular weight excluding hydrogens is 204 g/mol. The molecule has 0 spiro atoms. The van der Waals surface area contributed by atoms with Gasteiger partial charge in [-0.15, -0.1) is 0 Å². The summed E-state index contributed by atoms with van der Waals surface area (Å²) in [6.45, 7) is 0. The van der Waals surface area contributed by atoms with Crippen LogP contribution in [-0.2, 0) is 0 Å². The average molecular weight is 218 g/mol. The maximum absolute atomic E-state index is 9.91. The van der Waals surface area contributed by atoms with Gasteiger partial charge in [0.05, 0.1) is 0 Å². The fraction of sp³-hybridized carbons (Fsp3) is 0.167. The Balaban J connectivity index is 2.42. The molecule has 0 bridgehead atoms. The first-order chi connectivity index (χ1) is 7.50. The molecule has 0 fully saturated rings. The lowest BCUT2D eigenvalue weighted by Crippen LogP contribution is -2.50. The Morgan fingerprint density at radius 3 is 2.75 bits per heavy atom. The Hall–Kier alpha value is -1.62. The molecule has 0 amide bonds. The van der Waals surface area contributed by atoms with Crippen LogP contribution in [-0.4, -0.2) is 22.0 Å². The van der Waals surface area contributed by atoms with E-state index in [4.69, 9.17) is 11.5 Å². The summed E-state index contributed by atoms with van der Waals surface area (Å²) < 4.78 is 0. The van der Waals surface area contributed by atoms with E-state index in [1.165, 1.54) is 6.08 Å². The number of benzene rings is 1. The molecule has 2 rings (SSSR count). The van der Waals surface area contributed by atoms with Crippen molar-refractivity contribution in [3.63, 3.8) is 0 Å². The van der Waals surface area contributed by atoms with Gasteiger partial charge in [0, 0.05) is 5.69 Å². The summed E-state index contributed by atoms with van der Waals surface area (Å²) >= 11 is 0. The normalized spacial score (nSPS) is 28.9. The van der Waals surface area contributed by atoms with E-state index >= 15 is 0 Å². The first-order valence-corrected chi connectivity index (χ1v) is 4.95. The monoisotopic (exact) mass is 218 g/mol. The van der Waals surface area contributed by atoms with Gasteiger partial charge in [0.2, 0.25) is 0 Å². The summed E-state index contributed by atoms with van der Waals surface area (Å²) in [6.07, 6.45) is 3.53. The molecule has 16 heavy (non-hydrogen) atoms. The molecule has 0 saturated heterocycles. The highest BCUT2D eigenvalue weighted by Crippen LogP contribution is 2.28. The van der Waals surface area contributed by atoms with E-state index in [9.17, 15) is 10.2 Å². The lowest BCUT2D eigenvalue weighted by Gasteiger charge is -2.30. The third-order valence-corrected chi connectivity index (χ3v) is 2.59. The van der Waals surface area contributed by atoms with E-state index in [2.05, 4.69) is 0 Å². The van der Waals surface area contributed by atoms with Crippen molar-refractivity contribution in [2.45, 2.75) is 11.8 Å². The van der Waals surface area contributed by atoms with Crippen LogP contribution in [0.1, 0.15) is 5.56 Å². The van der Waals surface area contributed by atoms with Crippen molar-refractivity contribution >= 4 is 11.3 Å². The minimum atomic E-state index is -1.73. The van der Waals surface area contributed by atoms with Crippen molar-refractivity contribution in [2.24, 2.45) is 5.73 Å². The number of nitrogen functional groups attached to an aromatic ring is 1. The molecule has 6 N–H and O–H groups in total. The zero-order chi connectivity index (χ0) is 11.8. The Labute approximate surface area is 93.5 Å². The topological polar surface area (TPSA) is 92.5 Å². The molecule has 0 radical (unpaired) electrons. The molecule has 1 aliphatic rings. The van der Waals surface area contributed by atoms with Crippen molar-refractivity contribution in [3.05, 3.63) is 48.1 Å². The fourth-order valence-corrected chi connectivity index (χ4v) is 1.71. The molecule has 1 aromatic rings. The maximum atomic E-state index is 9.91. The summed E-state index contributed by atoms with van der Waals surface area (Å²) in [7, 11) is 0. The zero-order valence-electron chi connectivity index (χ0n) is 8.67. The lowest BCUT2D eigenvalue weighted by atomic mass is 9.89. The number of allylic oxidation sites excluding steroid dienone is 2. The first-order valence-electron chi connectivity index (χ1n) is 4.95. The molecule has 0 aromatic heterocycles. The van der Waals surface area contributed by atoms with Crippen molar-refractivity contribution in [3.8, 4) is 0 Å². The lowest BCUT2D eigenvalue weighted by molar-refractivity contribution is -0.00485. The van der Waals surface area contributed by atoms with E-state index < -0.39 is 11.8 Å². The standard InChI is InChI=1S/C12H14N2O2/c13-9-4-1-3-8(7-9)10-5-2-6-12(14,16)11(10)15/h1-7,11,15-16H,13-14H2. The van der Waals surface area contributed by atoms with Gasteiger partial charge < -0.3 is 15.9 Å². The van der Waals surface area contributed by atoms with Gasteiger partial charge in [0.1, 0.15) is 6.10 Å². The number of hydrogen-bond acceptors (Lipinski definition) is 4. The Morgan fingerprint density at radius 1 is 1.31 bits per heavy atom. The minimum Gasteiger partial charge on any atom is -0.399 e. The highest BCUT2D eigenvalue weighted by Gasteiger charge is 2.33. The first kappa shape index (κ1) is 10.9. The molecule has 1 aliphatic carbocycles. The van der Waals surface area contributed by atoms with E-state index in [0.29, 0.717) is 11.3 Å². The number of rotatable bonds is 1. The molecular formula is C12H14N2O2. The number of aliphatic hydroxyl groups excluding tert-OH is 1. The molecule has 0 heterocycles. The van der Waals surface area contributed by atoms with Gasteiger partial charge in [-0.1, -0.05) is 24.3 Å². The van der Waals surface area contributed by atoms with E-state index in [1.807, 2.05) is 0 Å². The zero-order valence-corrected chi connectivity index (χ0v) is 8.67. The van der Waals surface area contributed by atoms with Gasteiger partial charge in [-0.2, -0.15) is 0 Å². The second-order valence-corrected chi connectivity index (χ2v) is 3.90. The number of hydrogen-bond donors (Lipinski definition) is 4. The van der Waals surface area contributed by atoms with E-state index in [-0.39, 0.29) is 0 Å². The predicted molar refractivity (Wildman–Crippen MR) is 63.1 cm³/mol. The van der Waals surface area contributed by atoms with Crippen LogP contribution in [0.2, 0.25) is 0 Å². The predicted octanol–water partition coefficient (Wildman–Crippen LogP) is 0.230. The van der Waals surface area contributed by atoms with Crippen molar-refractivity contribution < 1.29 is 10.2 Å². The number of anilines is 1. The van der Waals surface area contributed by atoms with Crippen LogP contribution in [0.25, 0.3) is 5.57 Å². The third-order valence-electron chi connectivity index (χ3n) is 2.59. The van der Waals surface area contributed by atoms with Gasteiger partial charge in [-0.3, -0.25) is 5.73 Å². The number of aliphatic hydroxyl groups is 2. The quantitative estimate of drug-likeness (QED) is 0.401. The highest BCUT2D eigenvalue weighted by atomic mass is 16.4. The maximum Gasteiger partial charge on any atom is 0.163 e. The van der Waals surface area contributed by atoms with Crippen LogP contribution in [0.3, 0.4) is 0 Å². The second kappa shape index (κ2) is 3.75. The van der Waals surface area contributed by atoms with Crippen LogP contribution < -0.4 is 11.5 Å². The van der Waals surface area contributed by atoms with Crippen LogP contribution in [0.4, 0.5) is 5.69 Å². The molecule has 0 saturated carbocycles. The molecule has 0 aliphatic heterocycles. The highest BCUT2D eigenvalue weighted by molar-refractivity contribution is 5.74. The summed E-state index contributed by atoms with van der Waals surface area (Å²) in [4.78, 5) is 0. The Bertz CT molecular complexity index is 464. The molecule has 4 nitrogen and oxygen atoms in total. The summed E-state index contributed by atoms with van der Waals surface area (Å²) in [5, 5.41) is 19.6. The Kier molecular flexibility index (Phi) is 2.55. The SMILES string of the molecule is Nc1cccc(C2=CC=CC(N)(O)C2O)c1. The van der Waals surface area contributed by atoms with Gasteiger partial charge in [-0.25, -0.2) is 0 Å². The summed E-state index contributed by atoms with van der Waals surface area (Å²) in [5.41, 5.74) is 11.4. The van der Waals surface area contributed by atoms with Crippen LogP contribution in [0.15, 0.2) is 42.5 Å². The van der Waals surface area contributed by atoms with Gasteiger partial charge in [0.15, 0.2) is 5.72 Å². The molecule has 1 aromatic carbocycles. The largest absolute Gasteiger partial charge is 0.399 e. The summed E-state index contributed by atoms with van der Waals surface area (Å²) in [6, 6.07) is 7.07. The molecule has 2 unspecified atom stereocenters. The third kappa shape index (κ3) is 1.86. The molecule has 84 valence electrons. The Morgan fingerprint density at radius 2 is 2.06 bits per heavy atom.